The summed E-state index contributed by atoms with van der Waals surface area (Å²) in [4.78, 5) is 9.80. The molecule has 0 saturated carbocycles. The lowest BCUT2D eigenvalue weighted by Crippen LogP contribution is -2.17. The van der Waals surface area contributed by atoms with Gasteiger partial charge in [-0.25, -0.2) is 0 Å². The van der Waals surface area contributed by atoms with Crippen LogP contribution in [0.3, 0.4) is 0 Å². The molecule has 0 radical (unpaired) electrons. The summed E-state index contributed by atoms with van der Waals surface area (Å²) in [5.41, 5.74) is 0. The van der Waals surface area contributed by atoms with Gasteiger partial charge >= 0.3 is 0 Å². The Balaban J connectivity index is 4.36. The Morgan fingerprint density at radius 1 is 1.60 bits per heavy atom. The highest BCUT2D eigenvalue weighted by molar-refractivity contribution is 7.86. The molecule has 0 saturated heterocycles. The zero-order chi connectivity index (χ0) is 8.20. The maximum absolute atomic E-state index is 10.3. The fraction of sp³-hybridized carbons (Fsp3) is 0.400. The van der Waals surface area contributed by atoms with E-state index in [-0.39, 0.29) is 6.42 Å². The molecule has 0 aromatic rings. The van der Waals surface area contributed by atoms with Crippen molar-refractivity contribution in [3.8, 4) is 0 Å². The Hall–Kier alpha value is -0.680. The molecule has 58 valence electrons. The Labute approximate surface area is 59.3 Å². The number of hydrogen-bond donors (Lipinski definition) is 1. The molecule has 0 spiro atoms. The van der Waals surface area contributed by atoms with E-state index in [2.05, 4.69) is 6.58 Å². The Kier molecular flexibility index (Phi) is 3.24. The first-order valence-electron chi connectivity index (χ1n) is 2.55. The van der Waals surface area contributed by atoms with Crippen LogP contribution in [0.2, 0.25) is 0 Å². The molecule has 4 nitrogen and oxygen atoms in total. The quantitative estimate of drug-likeness (QED) is 0.361. The van der Waals surface area contributed by atoms with Crippen molar-refractivity contribution in [1.29, 1.82) is 0 Å². The van der Waals surface area contributed by atoms with E-state index in [1.807, 2.05) is 0 Å². The highest BCUT2D eigenvalue weighted by Gasteiger charge is 2.17. The molecule has 0 aromatic carbocycles. The molecule has 0 aliphatic rings. The molecule has 1 atom stereocenters. The van der Waals surface area contributed by atoms with E-state index in [0.717, 1.165) is 6.08 Å². The van der Waals surface area contributed by atoms with Gasteiger partial charge in [-0.15, -0.1) is 6.58 Å². The molecule has 0 bridgehead atoms. The summed E-state index contributed by atoms with van der Waals surface area (Å²) in [6.45, 7) is 3.15. The standard InChI is InChI=1S/C5H8O4S/c1-2-5(3-4-6)10(7,8)9/h2,4-5H,1,3H2,(H,7,8,9). The maximum atomic E-state index is 10.3. The molecule has 0 rings (SSSR count). The van der Waals surface area contributed by atoms with Gasteiger partial charge in [0.15, 0.2) is 0 Å². The molecule has 0 aromatic heterocycles. The average Bonchev–Trinajstić information content (AvgIpc) is 1.80. The maximum Gasteiger partial charge on any atom is 0.271 e. The molecule has 0 aliphatic heterocycles. The van der Waals surface area contributed by atoms with Crippen LogP contribution in [0.1, 0.15) is 6.42 Å². The highest BCUT2D eigenvalue weighted by Crippen LogP contribution is 2.02. The van der Waals surface area contributed by atoms with Gasteiger partial charge in [-0.2, -0.15) is 8.42 Å². The van der Waals surface area contributed by atoms with Gasteiger partial charge in [0.25, 0.3) is 10.1 Å². The van der Waals surface area contributed by atoms with Gasteiger partial charge in [-0.05, 0) is 0 Å². The first-order valence-corrected chi connectivity index (χ1v) is 4.05. The molecule has 0 amide bonds. The molecular formula is C5H8O4S. The topological polar surface area (TPSA) is 71.4 Å². The monoisotopic (exact) mass is 164 g/mol. The molecule has 0 heterocycles. The number of hydrogen-bond acceptors (Lipinski definition) is 3. The van der Waals surface area contributed by atoms with Gasteiger partial charge in [-0.3, -0.25) is 4.55 Å². The van der Waals surface area contributed by atoms with Crippen LogP contribution in [-0.4, -0.2) is 24.5 Å². The van der Waals surface area contributed by atoms with Crippen LogP contribution in [0.5, 0.6) is 0 Å². The van der Waals surface area contributed by atoms with Gasteiger partial charge in [0.05, 0.1) is 0 Å². The van der Waals surface area contributed by atoms with Crippen LogP contribution in [-0.2, 0) is 14.9 Å². The zero-order valence-electron chi connectivity index (χ0n) is 5.23. The van der Waals surface area contributed by atoms with Crippen molar-refractivity contribution in [2.75, 3.05) is 0 Å². The van der Waals surface area contributed by atoms with Crippen molar-refractivity contribution >= 4 is 16.4 Å². The van der Waals surface area contributed by atoms with Crippen LogP contribution >= 0.6 is 0 Å². The van der Waals surface area contributed by atoms with E-state index < -0.39 is 15.4 Å². The molecule has 1 unspecified atom stereocenters. The smallest absolute Gasteiger partial charge is 0.271 e. The third kappa shape index (κ3) is 2.75. The van der Waals surface area contributed by atoms with Crippen molar-refractivity contribution in [1.82, 2.24) is 0 Å². The Morgan fingerprint density at radius 3 is 2.20 bits per heavy atom. The normalized spacial score (nSPS) is 14.1. The summed E-state index contributed by atoms with van der Waals surface area (Å²) in [6.07, 6.45) is 1.19. The summed E-state index contributed by atoms with van der Waals surface area (Å²) in [6, 6.07) is 0. The minimum absolute atomic E-state index is 0.248. The second-order valence-electron chi connectivity index (χ2n) is 1.69. The lowest BCUT2D eigenvalue weighted by Gasteiger charge is -2.01. The molecule has 5 heteroatoms. The summed E-state index contributed by atoms with van der Waals surface area (Å²) >= 11 is 0. The van der Waals surface area contributed by atoms with Crippen LogP contribution in [0.4, 0.5) is 0 Å². The molecule has 1 N–H and O–H groups in total. The Bertz CT molecular complexity index is 216. The van der Waals surface area contributed by atoms with E-state index in [1.54, 1.807) is 0 Å². The van der Waals surface area contributed by atoms with Crippen molar-refractivity contribution in [3.63, 3.8) is 0 Å². The highest BCUT2D eigenvalue weighted by atomic mass is 32.2. The summed E-state index contributed by atoms with van der Waals surface area (Å²) in [5, 5.41) is -1.16. The third-order valence-corrected chi connectivity index (χ3v) is 2.12. The first-order chi connectivity index (χ1) is 4.52. The van der Waals surface area contributed by atoms with Gasteiger partial charge in [0.1, 0.15) is 11.5 Å². The summed E-state index contributed by atoms with van der Waals surface area (Å²) in [7, 11) is -4.13. The lowest BCUT2D eigenvalue weighted by molar-refractivity contribution is -0.107. The first kappa shape index (κ1) is 9.32. The van der Waals surface area contributed by atoms with Crippen LogP contribution in [0.15, 0.2) is 12.7 Å². The van der Waals surface area contributed by atoms with Crippen molar-refractivity contribution in [2.24, 2.45) is 0 Å². The van der Waals surface area contributed by atoms with Crippen LogP contribution in [0, 0.1) is 0 Å². The number of carbonyl (C=O) groups is 1. The summed E-state index contributed by atoms with van der Waals surface area (Å²) in [5.74, 6) is 0. The number of aldehydes is 1. The molecule has 10 heavy (non-hydrogen) atoms. The van der Waals surface area contributed by atoms with E-state index in [4.69, 9.17) is 4.55 Å². The zero-order valence-corrected chi connectivity index (χ0v) is 6.04. The van der Waals surface area contributed by atoms with Gasteiger partial charge in [-0.1, -0.05) is 6.08 Å². The van der Waals surface area contributed by atoms with Gasteiger partial charge in [0, 0.05) is 6.42 Å². The second kappa shape index (κ2) is 3.48. The second-order valence-corrected chi connectivity index (χ2v) is 3.33. The largest absolute Gasteiger partial charge is 0.303 e. The number of rotatable bonds is 4. The van der Waals surface area contributed by atoms with Gasteiger partial charge in [0.2, 0.25) is 0 Å². The minimum Gasteiger partial charge on any atom is -0.303 e. The molecule has 0 aliphatic carbocycles. The fourth-order valence-corrected chi connectivity index (χ4v) is 0.999. The predicted molar refractivity (Wildman–Crippen MR) is 36.2 cm³/mol. The number of carbonyl (C=O) groups excluding carboxylic acids is 1. The van der Waals surface area contributed by atoms with E-state index >= 15 is 0 Å². The Morgan fingerprint density at radius 2 is 2.10 bits per heavy atom. The predicted octanol–water partition coefficient (Wildman–Crippen LogP) is 0.0178. The van der Waals surface area contributed by atoms with Crippen molar-refractivity contribution in [3.05, 3.63) is 12.7 Å². The molecule has 0 fully saturated rings. The lowest BCUT2D eigenvalue weighted by atomic mass is 10.3. The minimum atomic E-state index is -4.13. The van der Waals surface area contributed by atoms with Crippen molar-refractivity contribution in [2.45, 2.75) is 11.7 Å². The van der Waals surface area contributed by atoms with E-state index in [9.17, 15) is 13.2 Å². The fourth-order valence-electron chi connectivity index (χ4n) is 0.434. The van der Waals surface area contributed by atoms with Crippen LogP contribution < -0.4 is 0 Å². The van der Waals surface area contributed by atoms with Gasteiger partial charge < -0.3 is 4.79 Å². The molecular weight excluding hydrogens is 156 g/mol. The third-order valence-electron chi connectivity index (χ3n) is 0.974. The average molecular weight is 164 g/mol. The SMILES string of the molecule is C=CC(CC=O)S(=O)(=O)O. The van der Waals surface area contributed by atoms with Crippen molar-refractivity contribution < 1.29 is 17.8 Å². The van der Waals surface area contributed by atoms with E-state index in [1.165, 1.54) is 0 Å². The van der Waals surface area contributed by atoms with E-state index in [0.29, 0.717) is 6.29 Å². The van der Waals surface area contributed by atoms with Crippen LogP contribution in [0.25, 0.3) is 0 Å². The summed E-state index contributed by atoms with van der Waals surface area (Å²) < 4.78 is 28.9.